The SMILES string of the molecule is COc1ccccc1N(C)c1ccc(CBr)cc1Br. The number of alkyl halides is 1. The Kier molecular flexibility index (Phi) is 4.88. The molecule has 0 aromatic heterocycles. The molecule has 0 fully saturated rings. The highest BCUT2D eigenvalue weighted by Crippen LogP contribution is 2.36. The number of hydrogen-bond donors (Lipinski definition) is 0. The van der Waals surface area contributed by atoms with Crippen LogP contribution in [0.3, 0.4) is 0 Å². The van der Waals surface area contributed by atoms with Crippen molar-refractivity contribution in [1.82, 2.24) is 0 Å². The van der Waals surface area contributed by atoms with Crippen molar-refractivity contribution < 1.29 is 4.74 Å². The first-order valence-electron chi connectivity index (χ1n) is 5.88. The molecule has 0 saturated carbocycles. The van der Waals surface area contributed by atoms with Gasteiger partial charge in [-0.15, -0.1) is 0 Å². The molecule has 2 rings (SSSR count). The molecule has 0 amide bonds. The van der Waals surface area contributed by atoms with Gasteiger partial charge in [-0.25, -0.2) is 0 Å². The molecule has 0 N–H and O–H groups in total. The van der Waals surface area contributed by atoms with Crippen molar-refractivity contribution in [3.8, 4) is 5.75 Å². The highest BCUT2D eigenvalue weighted by atomic mass is 79.9. The minimum Gasteiger partial charge on any atom is -0.495 e. The van der Waals surface area contributed by atoms with Crippen LogP contribution in [0.15, 0.2) is 46.9 Å². The maximum absolute atomic E-state index is 5.41. The lowest BCUT2D eigenvalue weighted by Gasteiger charge is -2.23. The van der Waals surface area contributed by atoms with E-state index in [0.29, 0.717) is 0 Å². The van der Waals surface area contributed by atoms with E-state index in [1.807, 2.05) is 31.3 Å². The number of halogens is 2. The van der Waals surface area contributed by atoms with Gasteiger partial charge < -0.3 is 9.64 Å². The summed E-state index contributed by atoms with van der Waals surface area (Å²) in [6.45, 7) is 0. The van der Waals surface area contributed by atoms with Crippen LogP contribution in [-0.2, 0) is 5.33 Å². The van der Waals surface area contributed by atoms with Gasteiger partial charge >= 0.3 is 0 Å². The van der Waals surface area contributed by atoms with Crippen molar-refractivity contribution in [2.45, 2.75) is 5.33 Å². The summed E-state index contributed by atoms with van der Waals surface area (Å²) in [6.07, 6.45) is 0. The number of methoxy groups -OCH3 is 1. The van der Waals surface area contributed by atoms with E-state index in [1.165, 1.54) is 5.56 Å². The summed E-state index contributed by atoms with van der Waals surface area (Å²) in [5, 5.41) is 0.851. The molecule has 19 heavy (non-hydrogen) atoms. The second-order valence-electron chi connectivity index (χ2n) is 4.15. The van der Waals surface area contributed by atoms with Gasteiger partial charge in [-0.2, -0.15) is 0 Å². The lowest BCUT2D eigenvalue weighted by molar-refractivity contribution is 0.415. The van der Waals surface area contributed by atoms with E-state index < -0.39 is 0 Å². The predicted molar refractivity (Wildman–Crippen MR) is 87.8 cm³/mol. The average Bonchev–Trinajstić information content (AvgIpc) is 2.46. The monoisotopic (exact) mass is 383 g/mol. The van der Waals surface area contributed by atoms with E-state index in [2.05, 4.69) is 55.0 Å². The Morgan fingerprint density at radius 2 is 1.84 bits per heavy atom. The first kappa shape index (κ1) is 14.4. The highest BCUT2D eigenvalue weighted by molar-refractivity contribution is 9.10. The Hall–Kier alpha value is -1.000. The second kappa shape index (κ2) is 6.44. The Balaban J connectivity index is 2.41. The number of ether oxygens (including phenoxy) is 1. The van der Waals surface area contributed by atoms with E-state index in [1.54, 1.807) is 7.11 Å². The van der Waals surface area contributed by atoms with E-state index in [0.717, 1.165) is 26.9 Å². The van der Waals surface area contributed by atoms with Crippen LogP contribution in [0.5, 0.6) is 5.75 Å². The first-order valence-corrected chi connectivity index (χ1v) is 7.80. The van der Waals surface area contributed by atoms with Crippen molar-refractivity contribution in [1.29, 1.82) is 0 Å². The molecule has 0 bridgehead atoms. The van der Waals surface area contributed by atoms with Crippen molar-refractivity contribution in [3.63, 3.8) is 0 Å². The van der Waals surface area contributed by atoms with Crippen LogP contribution in [0.25, 0.3) is 0 Å². The van der Waals surface area contributed by atoms with Crippen LogP contribution in [0.2, 0.25) is 0 Å². The third kappa shape index (κ3) is 3.12. The molecular weight excluding hydrogens is 370 g/mol. The zero-order valence-corrected chi connectivity index (χ0v) is 14.0. The summed E-state index contributed by atoms with van der Waals surface area (Å²) in [5.74, 6) is 0.862. The van der Waals surface area contributed by atoms with Gasteiger partial charge in [-0.05, 0) is 45.8 Å². The summed E-state index contributed by atoms with van der Waals surface area (Å²) >= 11 is 7.10. The zero-order valence-electron chi connectivity index (χ0n) is 10.9. The number of rotatable bonds is 4. The minimum absolute atomic E-state index is 0.851. The van der Waals surface area contributed by atoms with Gasteiger partial charge in [-0.3, -0.25) is 0 Å². The van der Waals surface area contributed by atoms with Crippen molar-refractivity contribution in [2.24, 2.45) is 0 Å². The van der Waals surface area contributed by atoms with Crippen molar-refractivity contribution in [3.05, 3.63) is 52.5 Å². The Labute approximate surface area is 130 Å². The van der Waals surface area contributed by atoms with Gasteiger partial charge in [0.2, 0.25) is 0 Å². The van der Waals surface area contributed by atoms with Crippen LogP contribution < -0.4 is 9.64 Å². The van der Waals surface area contributed by atoms with E-state index in [4.69, 9.17) is 4.74 Å². The Morgan fingerprint density at radius 3 is 2.47 bits per heavy atom. The lowest BCUT2D eigenvalue weighted by Crippen LogP contribution is -2.11. The summed E-state index contributed by atoms with van der Waals surface area (Å²) in [4.78, 5) is 2.11. The third-order valence-electron chi connectivity index (χ3n) is 2.97. The van der Waals surface area contributed by atoms with Crippen LogP contribution in [0, 0.1) is 0 Å². The molecule has 0 spiro atoms. The summed E-state index contributed by atoms with van der Waals surface area (Å²) in [5.41, 5.74) is 3.38. The Morgan fingerprint density at radius 1 is 1.11 bits per heavy atom. The molecule has 0 atom stereocenters. The van der Waals surface area contributed by atoms with Gasteiger partial charge in [0.15, 0.2) is 0 Å². The second-order valence-corrected chi connectivity index (χ2v) is 5.57. The van der Waals surface area contributed by atoms with Crippen molar-refractivity contribution in [2.75, 3.05) is 19.1 Å². The van der Waals surface area contributed by atoms with Gasteiger partial charge in [0.1, 0.15) is 5.75 Å². The number of hydrogen-bond acceptors (Lipinski definition) is 2. The standard InChI is InChI=1S/C15H15Br2NO/c1-18(14-5-3-4-6-15(14)19-2)13-8-7-11(10-16)9-12(13)17/h3-9H,10H2,1-2H3. The molecule has 0 heterocycles. The van der Waals surface area contributed by atoms with Crippen LogP contribution in [0.4, 0.5) is 11.4 Å². The summed E-state index contributed by atoms with van der Waals surface area (Å²) < 4.78 is 6.48. The molecule has 0 aliphatic carbocycles. The summed E-state index contributed by atoms with van der Waals surface area (Å²) in [6, 6.07) is 14.3. The predicted octanol–water partition coefficient (Wildman–Crippen LogP) is 5.12. The quantitative estimate of drug-likeness (QED) is 0.678. The number of anilines is 2. The number of nitrogens with zero attached hydrogens (tertiary/aromatic N) is 1. The van der Waals surface area contributed by atoms with E-state index in [-0.39, 0.29) is 0 Å². The molecule has 0 radical (unpaired) electrons. The zero-order chi connectivity index (χ0) is 13.8. The van der Waals surface area contributed by atoms with Crippen molar-refractivity contribution >= 4 is 43.2 Å². The molecule has 4 heteroatoms. The third-order valence-corrected chi connectivity index (χ3v) is 4.26. The number of benzene rings is 2. The molecule has 2 aromatic carbocycles. The largest absolute Gasteiger partial charge is 0.495 e. The van der Waals surface area contributed by atoms with Gasteiger partial charge in [0.05, 0.1) is 18.5 Å². The molecule has 2 nitrogen and oxygen atoms in total. The Bertz CT molecular complexity index is 572. The molecular formula is C15H15Br2NO. The van der Waals surface area contributed by atoms with Gasteiger partial charge in [0, 0.05) is 16.9 Å². The van der Waals surface area contributed by atoms with Crippen LogP contribution >= 0.6 is 31.9 Å². The lowest BCUT2D eigenvalue weighted by atomic mass is 10.2. The van der Waals surface area contributed by atoms with E-state index in [9.17, 15) is 0 Å². The molecule has 100 valence electrons. The maximum Gasteiger partial charge on any atom is 0.142 e. The molecule has 0 unspecified atom stereocenters. The maximum atomic E-state index is 5.41. The molecule has 0 aliphatic heterocycles. The van der Waals surface area contributed by atoms with E-state index >= 15 is 0 Å². The minimum atomic E-state index is 0.851. The van der Waals surface area contributed by atoms with Gasteiger partial charge in [-0.1, -0.05) is 34.1 Å². The average molecular weight is 385 g/mol. The van der Waals surface area contributed by atoms with Gasteiger partial charge in [0.25, 0.3) is 0 Å². The molecule has 0 saturated heterocycles. The molecule has 2 aromatic rings. The highest BCUT2D eigenvalue weighted by Gasteiger charge is 2.12. The van der Waals surface area contributed by atoms with Crippen LogP contribution in [0.1, 0.15) is 5.56 Å². The topological polar surface area (TPSA) is 12.5 Å². The van der Waals surface area contributed by atoms with Crippen LogP contribution in [-0.4, -0.2) is 14.2 Å². The number of para-hydroxylation sites is 2. The smallest absolute Gasteiger partial charge is 0.142 e. The fourth-order valence-electron chi connectivity index (χ4n) is 1.94. The fourth-order valence-corrected chi connectivity index (χ4v) is 2.98. The molecule has 0 aliphatic rings. The summed E-state index contributed by atoms with van der Waals surface area (Å²) in [7, 11) is 3.72. The fraction of sp³-hybridized carbons (Fsp3) is 0.200. The first-order chi connectivity index (χ1) is 9.17. The normalized spacial score (nSPS) is 10.3.